The standard InChI is InChI=1S/CHBO2.Ti/c2-1(3)4;/h2H;/q;-1/p+1. The summed E-state index contributed by atoms with van der Waals surface area (Å²) in [5, 5.41) is 7.72. The molecule has 0 spiro atoms. The molecule has 0 radical (unpaired) electrons. The van der Waals surface area contributed by atoms with E-state index in [-0.39, 0.29) is 5.46 Å². The molecule has 0 saturated carbocycles. The first-order chi connectivity index (χ1) is 2.27. The van der Waals surface area contributed by atoms with E-state index in [1.165, 1.54) is 0 Å². The van der Waals surface area contributed by atoms with Crippen LogP contribution in [0, 0.1) is 0 Å². The van der Waals surface area contributed by atoms with Crippen LogP contribution in [0.15, 0.2) is 0 Å². The van der Waals surface area contributed by atoms with Crippen molar-refractivity contribution in [2.24, 2.45) is 0 Å². The molecule has 0 aliphatic heterocycles. The van der Waals surface area contributed by atoms with Gasteiger partial charge in [-0.05, 0) is 0 Å². The maximum absolute atomic E-state index is 9.37. The molecule has 0 atom stereocenters. The molecular formula is CH2BO2Ti. The van der Waals surface area contributed by atoms with Crippen molar-refractivity contribution in [3.8, 4) is 0 Å². The number of hydrogen-bond acceptors (Lipinski definition) is 1. The van der Waals surface area contributed by atoms with Crippen LogP contribution < -0.4 is 0 Å². The van der Waals surface area contributed by atoms with E-state index >= 15 is 0 Å². The predicted molar refractivity (Wildman–Crippen MR) is 15.2 cm³/mol. The number of carbonyl (C=O) groups is 1. The third-order valence-electron chi connectivity index (χ3n) is 0.151. The zero-order valence-electron chi connectivity index (χ0n) is 2.56. The Bertz CT molecular complexity index is 44.9. The molecule has 1 N–H and O–H groups in total. The van der Waals surface area contributed by atoms with E-state index in [2.05, 4.69) is 0 Å². The molecule has 5 heavy (non-hydrogen) atoms. The molecule has 4 heteroatoms. The first-order valence-corrected chi connectivity index (χ1v) is 2.24. The molecule has 0 aromatic heterocycles. The Morgan fingerprint density at radius 3 is 2.20 bits per heavy atom. The van der Waals surface area contributed by atoms with Gasteiger partial charge in [0.2, 0.25) is 0 Å². The Morgan fingerprint density at radius 1 is 2.00 bits per heavy atom. The molecule has 2 nitrogen and oxygen atoms in total. The summed E-state index contributed by atoms with van der Waals surface area (Å²) in [5.74, 6) is -0.745. The molecular weight excluding hydrogens is 103 g/mol. The second-order valence-electron chi connectivity index (χ2n) is 0.571. The van der Waals surface area contributed by atoms with Gasteiger partial charge in [0.15, 0.2) is 0 Å². The Morgan fingerprint density at radius 2 is 2.20 bits per heavy atom. The molecule has 0 unspecified atom stereocenters. The monoisotopic (exact) mass is 105 g/mol. The van der Waals surface area contributed by atoms with Crippen molar-refractivity contribution in [3.05, 3.63) is 0 Å². The van der Waals surface area contributed by atoms with Gasteiger partial charge in [-0.3, -0.25) is 0 Å². The van der Waals surface area contributed by atoms with E-state index in [1.54, 1.807) is 20.2 Å². The van der Waals surface area contributed by atoms with Crippen LogP contribution in [0.3, 0.4) is 0 Å². The van der Waals surface area contributed by atoms with Crippen LogP contribution in [0.4, 0.5) is 4.79 Å². The molecule has 0 heterocycles. The Balaban J connectivity index is 2.85. The molecule has 0 rings (SSSR count). The normalized spacial score (nSPS) is 6.20. The summed E-state index contributed by atoms with van der Waals surface area (Å²) in [6, 6.07) is 0. The maximum atomic E-state index is 9.37. The van der Waals surface area contributed by atoms with Crippen LogP contribution in [-0.4, -0.2) is 16.4 Å². The fourth-order valence-electron chi connectivity index (χ4n) is 0. The second-order valence-corrected chi connectivity index (χ2v) is 1.12. The number of carboxylic acid groups (broad SMARTS) is 1. The topological polar surface area (TPSA) is 37.3 Å². The van der Waals surface area contributed by atoms with E-state index in [4.69, 9.17) is 5.11 Å². The van der Waals surface area contributed by atoms with Gasteiger partial charge in [0.05, 0.1) is 0 Å². The van der Waals surface area contributed by atoms with Gasteiger partial charge in [0, 0.05) is 0 Å². The summed E-state index contributed by atoms with van der Waals surface area (Å²) >= 11 is 1.60. The first kappa shape index (κ1) is 5.25. The predicted octanol–water partition coefficient (Wildman–Crippen LogP) is -0.437. The van der Waals surface area contributed by atoms with Crippen molar-refractivity contribution in [1.29, 1.82) is 0 Å². The van der Waals surface area contributed by atoms with Crippen LogP contribution in [-0.2, 0) is 20.2 Å². The van der Waals surface area contributed by atoms with E-state index in [9.17, 15) is 4.79 Å². The summed E-state index contributed by atoms with van der Waals surface area (Å²) in [5.41, 5.74) is 0.222. The Hall–Kier alpha value is 0.249. The summed E-state index contributed by atoms with van der Waals surface area (Å²) in [6.45, 7) is 0. The third-order valence-corrected chi connectivity index (χ3v) is 0.624. The van der Waals surface area contributed by atoms with Gasteiger partial charge in [-0.25, -0.2) is 0 Å². The molecule has 0 saturated heterocycles. The zero-order valence-corrected chi connectivity index (χ0v) is 4.12. The van der Waals surface area contributed by atoms with Gasteiger partial charge < -0.3 is 0 Å². The van der Waals surface area contributed by atoms with Crippen LogP contribution in [0.1, 0.15) is 0 Å². The molecule has 25 valence electrons. The van der Waals surface area contributed by atoms with Gasteiger partial charge in [-0.15, -0.1) is 0 Å². The fourth-order valence-corrected chi connectivity index (χ4v) is 0. The van der Waals surface area contributed by atoms with Crippen LogP contribution in [0.5, 0.6) is 0 Å². The van der Waals surface area contributed by atoms with E-state index in [0.717, 1.165) is 0 Å². The van der Waals surface area contributed by atoms with Gasteiger partial charge in [-0.2, -0.15) is 0 Å². The van der Waals surface area contributed by atoms with E-state index in [1.807, 2.05) is 0 Å². The first-order valence-electron chi connectivity index (χ1n) is 1.13. The van der Waals surface area contributed by atoms with Crippen molar-refractivity contribution >= 4 is 11.3 Å². The minimum absolute atomic E-state index is 0.222. The molecule has 0 aliphatic rings. The van der Waals surface area contributed by atoms with Gasteiger partial charge in [0.1, 0.15) is 0 Å². The SMILES string of the molecule is O=C(O)[BH][Ti]. The van der Waals surface area contributed by atoms with Crippen LogP contribution >= 0.6 is 0 Å². The minimum atomic E-state index is -0.745. The average Bonchev–Trinajstić information content (AvgIpc) is 1.38. The van der Waals surface area contributed by atoms with Crippen molar-refractivity contribution in [2.75, 3.05) is 0 Å². The molecule has 0 bridgehead atoms. The second kappa shape index (κ2) is 2.48. The van der Waals surface area contributed by atoms with Gasteiger partial charge in [0.25, 0.3) is 0 Å². The molecule has 0 aromatic rings. The fraction of sp³-hybridized carbons (Fsp3) is 0. The number of rotatable bonds is 1. The zero-order chi connectivity index (χ0) is 4.28. The van der Waals surface area contributed by atoms with Crippen LogP contribution in [0.2, 0.25) is 0 Å². The number of hydrogen-bond donors (Lipinski definition) is 1. The van der Waals surface area contributed by atoms with Crippen LogP contribution in [0.25, 0.3) is 0 Å². The van der Waals surface area contributed by atoms with E-state index in [0.29, 0.717) is 0 Å². The Kier molecular flexibility index (Phi) is 2.61. The molecule has 0 fully saturated rings. The van der Waals surface area contributed by atoms with Crippen molar-refractivity contribution < 1.29 is 30.1 Å². The van der Waals surface area contributed by atoms with Gasteiger partial charge >= 0.3 is 41.5 Å². The van der Waals surface area contributed by atoms with Gasteiger partial charge in [-0.1, -0.05) is 0 Å². The van der Waals surface area contributed by atoms with Crippen molar-refractivity contribution in [1.82, 2.24) is 0 Å². The molecule has 0 aliphatic carbocycles. The third kappa shape index (κ3) is 4.25. The summed E-state index contributed by atoms with van der Waals surface area (Å²) in [6.07, 6.45) is 0. The molecule has 0 aromatic carbocycles. The average molecular weight is 105 g/mol. The van der Waals surface area contributed by atoms with E-state index < -0.39 is 5.87 Å². The van der Waals surface area contributed by atoms with Crippen molar-refractivity contribution in [2.45, 2.75) is 0 Å². The summed E-state index contributed by atoms with van der Waals surface area (Å²) < 4.78 is 0. The quantitative estimate of drug-likeness (QED) is 0.459. The molecule has 0 amide bonds. The summed E-state index contributed by atoms with van der Waals surface area (Å²) in [7, 11) is 0. The summed E-state index contributed by atoms with van der Waals surface area (Å²) in [4.78, 5) is 9.37. The Labute approximate surface area is 42.0 Å². The van der Waals surface area contributed by atoms with Crippen molar-refractivity contribution in [3.63, 3.8) is 0 Å².